The fourth-order valence-electron chi connectivity index (χ4n) is 2.68. The molecule has 1 atom stereocenters. The van der Waals surface area contributed by atoms with Gasteiger partial charge in [-0.15, -0.1) is 0 Å². The lowest BCUT2D eigenvalue weighted by Gasteiger charge is -2.15. The SMILES string of the molecule is CCCCC(CC)CNC(=O)CCc1ncc(-c2ccc(Cl)cc2)o1. The van der Waals surface area contributed by atoms with Gasteiger partial charge in [-0.2, -0.15) is 0 Å². The molecule has 0 aliphatic heterocycles. The molecule has 5 heteroatoms. The highest BCUT2D eigenvalue weighted by atomic mass is 35.5. The molecular weight excluding hydrogens is 336 g/mol. The summed E-state index contributed by atoms with van der Waals surface area (Å²) in [5.41, 5.74) is 0.925. The van der Waals surface area contributed by atoms with Crippen LogP contribution in [0, 0.1) is 5.92 Å². The molecule has 0 fully saturated rings. The van der Waals surface area contributed by atoms with Gasteiger partial charge in [0.25, 0.3) is 0 Å². The minimum atomic E-state index is 0.0567. The van der Waals surface area contributed by atoms with Crippen LogP contribution in [0.15, 0.2) is 34.9 Å². The minimum Gasteiger partial charge on any atom is -0.441 e. The van der Waals surface area contributed by atoms with Crippen molar-refractivity contribution < 1.29 is 9.21 Å². The number of amides is 1. The number of oxazole rings is 1. The third kappa shape index (κ3) is 6.54. The molecule has 1 unspecified atom stereocenters. The van der Waals surface area contributed by atoms with Gasteiger partial charge in [-0.05, 0) is 36.6 Å². The lowest BCUT2D eigenvalue weighted by molar-refractivity contribution is -0.121. The van der Waals surface area contributed by atoms with E-state index in [0.717, 1.165) is 18.5 Å². The van der Waals surface area contributed by atoms with Crippen LogP contribution < -0.4 is 5.32 Å². The van der Waals surface area contributed by atoms with Gasteiger partial charge in [-0.25, -0.2) is 4.98 Å². The molecule has 1 N–H and O–H groups in total. The first-order valence-electron chi connectivity index (χ1n) is 9.09. The van der Waals surface area contributed by atoms with E-state index in [2.05, 4.69) is 24.1 Å². The number of nitrogens with zero attached hydrogens (tertiary/aromatic N) is 1. The molecule has 1 amide bonds. The van der Waals surface area contributed by atoms with Gasteiger partial charge in [0.15, 0.2) is 11.7 Å². The van der Waals surface area contributed by atoms with Crippen LogP contribution in [0.4, 0.5) is 0 Å². The second-order valence-electron chi connectivity index (χ2n) is 6.35. The summed E-state index contributed by atoms with van der Waals surface area (Å²) in [4.78, 5) is 16.3. The Labute approximate surface area is 155 Å². The van der Waals surface area contributed by atoms with Crippen molar-refractivity contribution >= 4 is 17.5 Å². The zero-order valence-electron chi connectivity index (χ0n) is 15.1. The van der Waals surface area contributed by atoms with Gasteiger partial charge in [0.05, 0.1) is 6.20 Å². The summed E-state index contributed by atoms with van der Waals surface area (Å²) in [6, 6.07) is 7.41. The monoisotopic (exact) mass is 362 g/mol. The largest absolute Gasteiger partial charge is 0.441 e. The first-order chi connectivity index (χ1) is 12.1. The number of halogens is 1. The number of aromatic nitrogens is 1. The Morgan fingerprint density at radius 1 is 1.28 bits per heavy atom. The van der Waals surface area contributed by atoms with E-state index in [4.69, 9.17) is 16.0 Å². The lowest BCUT2D eigenvalue weighted by Crippen LogP contribution is -2.29. The molecule has 0 saturated carbocycles. The van der Waals surface area contributed by atoms with Crippen molar-refractivity contribution in [1.82, 2.24) is 10.3 Å². The average Bonchev–Trinajstić information content (AvgIpc) is 3.10. The molecule has 4 nitrogen and oxygen atoms in total. The van der Waals surface area contributed by atoms with Crippen molar-refractivity contribution in [3.63, 3.8) is 0 Å². The Balaban J connectivity index is 1.77. The Bertz CT molecular complexity index is 652. The fourth-order valence-corrected chi connectivity index (χ4v) is 2.81. The second kappa shape index (κ2) is 10.2. The smallest absolute Gasteiger partial charge is 0.220 e. The van der Waals surface area contributed by atoms with E-state index in [1.807, 2.05) is 24.3 Å². The first-order valence-corrected chi connectivity index (χ1v) is 9.47. The number of hydrogen-bond acceptors (Lipinski definition) is 3. The van der Waals surface area contributed by atoms with Gasteiger partial charge in [0, 0.05) is 30.0 Å². The molecule has 25 heavy (non-hydrogen) atoms. The van der Waals surface area contributed by atoms with Gasteiger partial charge < -0.3 is 9.73 Å². The van der Waals surface area contributed by atoms with E-state index in [1.54, 1.807) is 6.20 Å². The molecule has 2 aromatic rings. The Hall–Kier alpha value is -1.81. The van der Waals surface area contributed by atoms with E-state index in [9.17, 15) is 4.79 Å². The van der Waals surface area contributed by atoms with Gasteiger partial charge in [0.2, 0.25) is 5.91 Å². The average molecular weight is 363 g/mol. The van der Waals surface area contributed by atoms with Gasteiger partial charge in [0.1, 0.15) is 0 Å². The van der Waals surface area contributed by atoms with Crippen molar-refractivity contribution in [1.29, 1.82) is 0 Å². The summed E-state index contributed by atoms with van der Waals surface area (Å²) < 4.78 is 5.73. The van der Waals surface area contributed by atoms with Crippen molar-refractivity contribution in [3.05, 3.63) is 41.4 Å². The van der Waals surface area contributed by atoms with Crippen LogP contribution in [0.3, 0.4) is 0 Å². The van der Waals surface area contributed by atoms with Crippen LogP contribution in [-0.4, -0.2) is 17.4 Å². The van der Waals surface area contributed by atoms with E-state index in [0.29, 0.717) is 35.4 Å². The molecule has 1 aromatic carbocycles. The van der Waals surface area contributed by atoms with Crippen LogP contribution in [0.5, 0.6) is 0 Å². The molecule has 0 aliphatic rings. The number of aryl methyl sites for hydroxylation is 1. The van der Waals surface area contributed by atoms with Crippen LogP contribution in [0.2, 0.25) is 5.02 Å². The van der Waals surface area contributed by atoms with Crippen LogP contribution in [0.25, 0.3) is 11.3 Å². The third-order valence-electron chi connectivity index (χ3n) is 4.38. The Kier molecular flexibility index (Phi) is 7.99. The maximum Gasteiger partial charge on any atom is 0.220 e. The summed E-state index contributed by atoms with van der Waals surface area (Å²) in [6.07, 6.45) is 7.29. The predicted molar refractivity (Wildman–Crippen MR) is 102 cm³/mol. The molecular formula is C20H27ClN2O2. The van der Waals surface area contributed by atoms with Crippen LogP contribution in [-0.2, 0) is 11.2 Å². The number of unbranched alkanes of at least 4 members (excludes halogenated alkanes) is 1. The minimum absolute atomic E-state index is 0.0567. The van der Waals surface area contributed by atoms with Crippen molar-refractivity contribution in [3.8, 4) is 11.3 Å². The topological polar surface area (TPSA) is 55.1 Å². The summed E-state index contributed by atoms with van der Waals surface area (Å²) >= 11 is 5.89. The van der Waals surface area contributed by atoms with Gasteiger partial charge >= 0.3 is 0 Å². The fraction of sp³-hybridized carbons (Fsp3) is 0.500. The van der Waals surface area contributed by atoms with Crippen molar-refractivity contribution in [2.45, 2.75) is 52.4 Å². The first kappa shape index (κ1) is 19.5. The number of rotatable bonds is 10. The molecule has 0 aliphatic carbocycles. The highest BCUT2D eigenvalue weighted by molar-refractivity contribution is 6.30. The van der Waals surface area contributed by atoms with Crippen LogP contribution >= 0.6 is 11.6 Å². The number of benzene rings is 1. The number of nitrogens with one attached hydrogen (secondary N) is 1. The van der Waals surface area contributed by atoms with E-state index < -0.39 is 0 Å². The number of carbonyl (C=O) groups excluding carboxylic acids is 1. The summed E-state index contributed by atoms with van der Waals surface area (Å²) in [5, 5.41) is 3.72. The molecule has 0 spiro atoms. The normalized spacial score (nSPS) is 12.1. The third-order valence-corrected chi connectivity index (χ3v) is 4.63. The van der Waals surface area contributed by atoms with Crippen LogP contribution in [0.1, 0.15) is 51.8 Å². The zero-order chi connectivity index (χ0) is 18.1. The van der Waals surface area contributed by atoms with E-state index in [1.165, 1.54) is 19.3 Å². The maximum absolute atomic E-state index is 12.0. The summed E-state index contributed by atoms with van der Waals surface area (Å²) in [6.45, 7) is 5.13. The molecule has 0 saturated heterocycles. The van der Waals surface area contributed by atoms with E-state index >= 15 is 0 Å². The Morgan fingerprint density at radius 3 is 2.72 bits per heavy atom. The lowest BCUT2D eigenvalue weighted by atomic mass is 9.99. The molecule has 0 radical (unpaired) electrons. The molecule has 2 rings (SSSR count). The second-order valence-corrected chi connectivity index (χ2v) is 6.78. The highest BCUT2D eigenvalue weighted by Crippen LogP contribution is 2.22. The zero-order valence-corrected chi connectivity index (χ0v) is 15.8. The standard InChI is InChI=1S/C20H27ClN2O2/c1-3-5-6-15(4-2)13-22-19(24)11-12-20-23-14-18(25-20)16-7-9-17(21)10-8-16/h7-10,14-15H,3-6,11-13H2,1-2H3,(H,22,24). The van der Waals surface area contributed by atoms with Gasteiger partial charge in [-0.1, -0.05) is 44.7 Å². The van der Waals surface area contributed by atoms with Gasteiger partial charge in [-0.3, -0.25) is 4.79 Å². The summed E-state index contributed by atoms with van der Waals surface area (Å²) in [5.74, 6) is 1.90. The van der Waals surface area contributed by atoms with E-state index in [-0.39, 0.29) is 5.91 Å². The van der Waals surface area contributed by atoms with Crippen molar-refractivity contribution in [2.24, 2.45) is 5.92 Å². The molecule has 0 bridgehead atoms. The number of carbonyl (C=O) groups is 1. The quantitative estimate of drug-likeness (QED) is 0.627. The maximum atomic E-state index is 12.0. The summed E-state index contributed by atoms with van der Waals surface area (Å²) in [7, 11) is 0. The Morgan fingerprint density at radius 2 is 2.04 bits per heavy atom. The highest BCUT2D eigenvalue weighted by Gasteiger charge is 2.11. The molecule has 1 heterocycles. The molecule has 1 aromatic heterocycles. The number of hydrogen-bond donors (Lipinski definition) is 1. The predicted octanol–water partition coefficient (Wildman–Crippen LogP) is 5.26. The van der Waals surface area contributed by atoms with Crippen molar-refractivity contribution in [2.75, 3.05) is 6.54 Å². The molecule has 136 valence electrons.